The number of aromatic amines is 1. The van der Waals surface area contributed by atoms with Crippen LogP contribution in [-0.2, 0) is 4.79 Å². The summed E-state index contributed by atoms with van der Waals surface area (Å²) in [5, 5.41) is 9.69. The highest BCUT2D eigenvalue weighted by molar-refractivity contribution is 6.43. The van der Waals surface area contributed by atoms with Gasteiger partial charge in [0.1, 0.15) is 11.6 Å². The quantitative estimate of drug-likeness (QED) is 0.841. The van der Waals surface area contributed by atoms with Crippen LogP contribution in [0.1, 0.15) is 5.82 Å². The van der Waals surface area contributed by atoms with E-state index in [1.807, 2.05) is 0 Å². The molecule has 0 saturated heterocycles. The lowest BCUT2D eigenvalue weighted by Gasteiger charge is -2.08. The van der Waals surface area contributed by atoms with Crippen LogP contribution in [0.3, 0.4) is 0 Å². The Bertz CT molecular complexity index is 645. The number of benzene rings is 1. The van der Waals surface area contributed by atoms with Crippen LogP contribution in [0.15, 0.2) is 12.1 Å². The fraction of sp³-hybridized carbons (Fsp3) is 0.182. The standard InChI is InChI=1S/C11H9Cl3N4O2/c1-5-15-11(18-17-5)16-10(19)4-20-9-3-7(13)6(12)2-8(9)14/h2-3H,4H2,1H3,(H2,15,16,17,18,19). The van der Waals surface area contributed by atoms with Crippen LogP contribution in [0, 0.1) is 6.92 Å². The molecule has 0 fully saturated rings. The zero-order valence-corrected chi connectivity index (χ0v) is 12.5. The molecule has 0 aliphatic rings. The minimum atomic E-state index is -0.425. The molecule has 0 aliphatic heterocycles. The summed E-state index contributed by atoms with van der Waals surface area (Å²) >= 11 is 17.5. The first-order valence-corrected chi connectivity index (χ1v) is 6.55. The number of aromatic nitrogens is 3. The maximum absolute atomic E-state index is 11.6. The van der Waals surface area contributed by atoms with Crippen molar-refractivity contribution in [1.29, 1.82) is 0 Å². The van der Waals surface area contributed by atoms with Crippen molar-refractivity contribution in [2.45, 2.75) is 6.92 Å². The van der Waals surface area contributed by atoms with Gasteiger partial charge in [-0.15, -0.1) is 5.10 Å². The largest absolute Gasteiger partial charge is 0.482 e. The van der Waals surface area contributed by atoms with Crippen molar-refractivity contribution < 1.29 is 9.53 Å². The maximum Gasteiger partial charge on any atom is 0.264 e. The first-order chi connectivity index (χ1) is 9.45. The van der Waals surface area contributed by atoms with Gasteiger partial charge in [-0.3, -0.25) is 15.2 Å². The van der Waals surface area contributed by atoms with Crippen molar-refractivity contribution in [2.75, 3.05) is 11.9 Å². The molecule has 6 nitrogen and oxygen atoms in total. The highest BCUT2D eigenvalue weighted by atomic mass is 35.5. The normalized spacial score (nSPS) is 10.4. The van der Waals surface area contributed by atoms with Gasteiger partial charge in [0.2, 0.25) is 5.95 Å². The Morgan fingerprint density at radius 1 is 1.30 bits per heavy atom. The average Bonchev–Trinajstić information content (AvgIpc) is 2.77. The molecule has 0 aliphatic carbocycles. The van der Waals surface area contributed by atoms with Crippen LogP contribution in [0.25, 0.3) is 0 Å². The van der Waals surface area contributed by atoms with E-state index in [2.05, 4.69) is 20.5 Å². The van der Waals surface area contributed by atoms with Gasteiger partial charge in [0.15, 0.2) is 6.61 Å². The van der Waals surface area contributed by atoms with Crippen molar-refractivity contribution in [3.63, 3.8) is 0 Å². The van der Waals surface area contributed by atoms with Crippen molar-refractivity contribution in [3.8, 4) is 5.75 Å². The van der Waals surface area contributed by atoms with Crippen LogP contribution in [-0.4, -0.2) is 27.7 Å². The van der Waals surface area contributed by atoms with Gasteiger partial charge in [-0.05, 0) is 13.0 Å². The fourth-order valence-electron chi connectivity index (χ4n) is 1.32. The second-order valence-electron chi connectivity index (χ2n) is 3.78. The van der Waals surface area contributed by atoms with Gasteiger partial charge in [-0.25, -0.2) is 0 Å². The molecular weight excluding hydrogens is 327 g/mol. The highest BCUT2D eigenvalue weighted by Crippen LogP contribution is 2.33. The van der Waals surface area contributed by atoms with Gasteiger partial charge in [0.05, 0.1) is 15.1 Å². The number of nitrogens with one attached hydrogen (secondary N) is 2. The lowest BCUT2D eigenvalue weighted by atomic mass is 10.3. The minimum absolute atomic E-state index is 0.177. The van der Waals surface area contributed by atoms with Crippen LogP contribution in [0.2, 0.25) is 15.1 Å². The van der Waals surface area contributed by atoms with Crippen LogP contribution in [0.5, 0.6) is 5.75 Å². The number of carbonyl (C=O) groups excluding carboxylic acids is 1. The zero-order chi connectivity index (χ0) is 14.7. The number of ether oxygens (including phenoxy) is 1. The lowest BCUT2D eigenvalue weighted by molar-refractivity contribution is -0.118. The van der Waals surface area contributed by atoms with E-state index in [1.165, 1.54) is 12.1 Å². The molecule has 0 bridgehead atoms. The summed E-state index contributed by atoms with van der Waals surface area (Å²) in [4.78, 5) is 15.6. The number of nitrogens with zero attached hydrogens (tertiary/aromatic N) is 2. The Labute approximate surface area is 129 Å². The number of rotatable bonds is 4. The number of anilines is 1. The molecule has 1 aromatic heterocycles. The molecule has 2 aromatic rings. The second kappa shape index (κ2) is 6.30. The number of halogens is 3. The van der Waals surface area contributed by atoms with Crippen LogP contribution < -0.4 is 10.1 Å². The maximum atomic E-state index is 11.6. The molecule has 1 aromatic carbocycles. The van der Waals surface area contributed by atoms with Crippen molar-refractivity contribution in [2.24, 2.45) is 0 Å². The Kier molecular flexibility index (Phi) is 4.69. The molecule has 0 atom stereocenters. The number of hydrogen-bond acceptors (Lipinski definition) is 4. The van der Waals surface area contributed by atoms with E-state index in [4.69, 9.17) is 39.5 Å². The summed E-state index contributed by atoms with van der Waals surface area (Å²) in [6.07, 6.45) is 0. The van der Waals surface area contributed by atoms with Crippen molar-refractivity contribution in [1.82, 2.24) is 15.2 Å². The molecule has 9 heteroatoms. The van der Waals surface area contributed by atoms with Gasteiger partial charge in [-0.1, -0.05) is 34.8 Å². The highest BCUT2D eigenvalue weighted by Gasteiger charge is 2.11. The summed E-state index contributed by atoms with van der Waals surface area (Å²) in [6, 6.07) is 2.88. The molecule has 0 unspecified atom stereocenters. The van der Waals surface area contributed by atoms with Crippen LogP contribution in [0.4, 0.5) is 5.95 Å². The van der Waals surface area contributed by atoms with E-state index < -0.39 is 5.91 Å². The Balaban J connectivity index is 1.95. The third-order valence-corrected chi connectivity index (χ3v) is 3.20. The number of H-pyrrole nitrogens is 1. The van der Waals surface area contributed by atoms with Crippen molar-refractivity contribution >= 4 is 46.7 Å². The van der Waals surface area contributed by atoms with Gasteiger partial charge >= 0.3 is 0 Å². The predicted octanol–water partition coefficient (Wildman–Crippen LogP) is 3.09. The number of aryl methyl sites for hydroxylation is 1. The van der Waals surface area contributed by atoms with Gasteiger partial charge < -0.3 is 4.74 Å². The topological polar surface area (TPSA) is 79.9 Å². The van der Waals surface area contributed by atoms with E-state index in [0.717, 1.165) is 0 Å². The summed E-state index contributed by atoms with van der Waals surface area (Å²) in [5.74, 6) is 0.610. The molecule has 0 saturated carbocycles. The third kappa shape index (κ3) is 3.75. The molecule has 1 heterocycles. The zero-order valence-electron chi connectivity index (χ0n) is 10.2. The number of hydrogen-bond donors (Lipinski definition) is 2. The van der Waals surface area contributed by atoms with E-state index >= 15 is 0 Å². The molecular formula is C11H9Cl3N4O2. The van der Waals surface area contributed by atoms with E-state index in [-0.39, 0.29) is 28.3 Å². The first kappa shape index (κ1) is 14.9. The molecule has 0 radical (unpaired) electrons. The summed E-state index contributed by atoms with van der Waals surface area (Å²) in [7, 11) is 0. The van der Waals surface area contributed by atoms with E-state index in [9.17, 15) is 4.79 Å². The predicted molar refractivity (Wildman–Crippen MR) is 76.7 cm³/mol. The lowest BCUT2D eigenvalue weighted by Crippen LogP contribution is -2.21. The molecule has 0 spiro atoms. The Morgan fingerprint density at radius 3 is 2.65 bits per heavy atom. The molecule has 106 valence electrons. The summed E-state index contributed by atoms with van der Waals surface area (Å²) in [5.41, 5.74) is 0. The fourth-order valence-corrected chi connectivity index (χ4v) is 1.91. The molecule has 1 amide bonds. The van der Waals surface area contributed by atoms with Gasteiger partial charge in [0.25, 0.3) is 5.91 Å². The Hall–Kier alpha value is -1.50. The minimum Gasteiger partial charge on any atom is -0.482 e. The third-order valence-electron chi connectivity index (χ3n) is 2.18. The smallest absolute Gasteiger partial charge is 0.264 e. The van der Waals surface area contributed by atoms with Gasteiger partial charge in [-0.2, -0.15) is 4.98 Å². The van der Waals surface area contributed by atoms with E-state index in [1.54, 1.807) is 6.92 Å². The first-order valence-electron chi connectivity index (χ1n) is 5.42. The summed E-state index contributed by atoms with van der Waals surface area (Å²) in [6.45, 7) is 1.46. The number of carbonyl (C=O) groups is 1. The van der Waals surface area contributed by atoms with E-state index in [0.29, 0.717) is 10.8 Å². The summed E-state index contributed by atoms with van der Waals surface area (Å²) < 4.78 is 5.26. The molecule has 2 rings (SSSR count). The second-order valence-corrected chi connectivity index (χ2v) is 5.00. The molecule has 20 heavy (non-hydrogen) atoms. The molecule has 2 N–H and O–H groups in total. The average molecular weight is 336 g/mol. The van der Waals surface area contributed by atoms with Gasteiger partial charge in [0, 0.05) is 6.07 Å². The monoisotopic (exact) mass is 334 g/mol. The van der Waals surface area contributed by atoms with Crippen molar-refractivity contribution in [3.05, 3.63) is 33.0 Å². The van der Waals surface area contributed by atoms with Crippen LogP contribution >= 0.6 is 34.8 Å². The number of amides is 1. The Morgan fingerprint density at radius 2 is 2.00 bits per heavy atom. The SMILES string of the molecule is Cc1nc(NC(=O)COc2cc(Cl)c(Cl)cc2Cl)n[nH]1.